The molecule has 0 saturated carbocycles. The third kappa shape index (κ3) is 2.66. The highest BCUT2D eigenvalue weighted by molar-refractivity contribution is 7.99. The first kappa shape index (κ1) is 11.7. The van der Waals surface area contributed by atoms with Crippen LogP contribution in [0.4, 0.5) is 0 Å². The van der Waals surface area contributed by atoms with Gasteiger partial charge in [-0.2, -0.15) is 11.8 Å². The number of hydrogen-bond donors (Lipinski definition) is 1. The van der Waals surface area contributed by atoms with Gasteiger partial charge in [0.05, 0.1) is 6.04 Å². The lowest BCUT2D eigenvalue weighted by Gasteiger charge is -2.21. The molecule has 16 heavy (non-hydrogen) atoms. The fraction of sp³-hybridized carbons (Fsp3) is 0.462. The van der Waals surface area contributed by atoms with Crippen LogP contribution in [0.2, 0.25) is 0 Å². The SMILES string of the molecule is CCc1ccc(C(=O)C2CSCCN2)cc1. The summed E-state index contributed by atoms with van der Waals surface area (Å²) in [6.45, 7) is 3.06. The van der Waals surface area contributed by atoms with Crippen LogP contribution in [0.1, 0.15) is 22.8 Å². The number of carbonyl (C=O) groups is 1. The number of Topliss-reactive ketones (excluding diaryl/α,β-unsaturated/α-hetero) is 1. The topological polar surface area (TPSA) is 29.1 Å². The van der Waals surface area contributed by atoms with Crippen LogP contribution in [0.15, 0.2) is 24.3 Å². The van der Waals surface area contributed by atoms with Crippen molar-refractivity contribution in [3.05, 3.63) is 35.4 Å². The largest absolute Gasteiger partial charge is 0.306 e. The molecule has 1 aromatic rings. The van der Waals surface area contributed by atoms with Gasteiger partial charge >= 0.3 is 0 Å². The van der Waals surface area contributed by atoms with Crippen molar-refractivity contribution in [3.63, 3.8) is 0 Å². The lowest BCUT2D eigenvalue weighted by molar-refractivity contribution is 0.0953. The Kier molecular flexibility index (Phi) is 4.02. The van der Waals surface area contributed by atoms with E-state index in [1.165, 1.54) is 5.56 Å². The minimum Gasteiger partial charge on any atom is -0.306 e. The fourth-order valence-corrected chi connectivity index (χ4v) is 2.77. The summed E-state index contributed by atoms with van der Waals surface area (Å²) < 4.78 is 0. The van der Waals surface area contributed by atoms with Gasteiger partial charge in [-0.15, -0.1) is 0 Å². The number of thioether (sulfide) groups is 1. The predicted molar refractivity (Wildman–Crippen MR) is 69.3 cm³/mol. The minimum absolute atomic E-state index is 0.00577. The smallest absolute Gasteiger partial charge is 0.180 e. The summed E-state index contributed by atoms with van der Waals surface area (Å²) in [5, 5.41) is 3.28. The summed E-state index contributed by atoms with van der Waals surface area (Å²) in [7, 11) is 0. The van der Waals surface area contributed by atoms with E-state index in [1.807, 2.05) is 36.0 Å². The molecule has 1 unspecified atom stereocenters. The molecule has 86 valence electrons. The maximum Gasteiger partial charge on any atom is 0.180 e. The van der Waals surface area contributed by atoms with Crippen molar-refractivity contribution in [1.29, 1.82) is 0 Å². The summed E-state index contributed by atoms with van der Waals surface area (Å²) in [5.41, 5.74) is 2.11. The Labute approximate surface area is 101 Å². The molecule has 1 aromatic carbocycles. The Morgan fingerprint density at radius 2 is 2.19 bits per heavy atom. The highest BCUT2D eigenvalue weighted by Gasteiger charge is 2.21. The van der Waals surface area contributed by atoms with E-state index in [0.29, 0.717) is 0 Å². The van der Waals surface area contributed by atoms with E-state index < -0.39 is 0 Å². The number of hydrogen-bond acceptors (Lipinski definition) is 3. The molecule has 1 atom stereocenters. The molecule has 1 saturated heterocycles. The third-order valence-electron chi connectivity index (χ3n) is 2.88. The number of benzene rings is 1. The Bertz CT molecular complexity index is 355. The maximum absolute atomic E-state index is 12.1. The Morgan fingerprint density at radius 1 is 1.44 bits per heavy atom. The second kappa shape index (κ2) is 5.51. The van der Waals surface area contributed by atoms with Gasteiger partial charge in [0.15, 0.2) is 5.78 Å². The van der Waals surface area contributed by atoms with Crippen LogP contribution < -0.4 is 5.32 Å². The van der Waals surface area contributed by atoms with Crippen molar-refractivity contribution in [1.82, 2.24) is 5.32 Å². The number of nitrogens with one attached hydrogen (secondary N) is 1. The summed E-state index contributed by atoms with van der Waals surface area (Å²) in [6.07, 6.45) is 1.02. The van der Waals surface area contributed by atoms with Crippen LogP contribution >= 0.6 is 11.8 Å². The first-order valence-corrected chi connectivity index (χ1v) is 6.91. The normalized spacial score (nSPS) is 20.7. The predicted octanol–water partition coefficient (Wildman–Crippen LogP) is 2.14. The molecule has 3 heteroatoms. The van der Waals surface area contributed by atoms with E-state index in [1.54, 1.807) is 0 Å². The van der Waals surface area contributed by atoms with E-state index >= 15 is 0 Å². The molecule has 2 nitrogen and oxygen atoms in total. The summed E-state index contributed by atoms with van der Waals surface area (Å²) in [5.74, 6) is 2.24. The Morgan fingerprint density at radius 3 is 2.75 bits per heavy atom. The third-order valence-corrected chi connectivity index (χ3v) is 3.95. The van der Waals surface area contributed by atoms with Crippen LogP contribution in [0.3, 0.4) is 0 Å². The molecule has 1 fully saturated rings. The highest BCUT2D eigenvalue weighted by atomic mass is 32.2. The molecule has 0 spiro atoms. The average Bonchev–Trinajstić information content (AvgIpc) is 2.39. The molecule has 0 amide bonds. The van der Waals surface area contributed by atoms with Gasteiger partial charge in [0.1, 0.15) is 0 Å². The second-order valence-electron chi connectivity index (χ2n) is 4.00. The lowest BCUT2D eigenvalue weighted by atomic mass is 10.0. The van der Waals surface area contributed by atoms with Gasteiger partial charge in [0.25, 0.3) is 0 Å². The van der Waals surface area contributed by atoms with Gasteiger partial charge in [0, 0.05) is 23.6 Å². The van der Waals surface area contributed by atoms with Gasteiger partial charge in [-0.3, -0.25) is 4.79 Å². The monoisotopic (exact) mass is 235 g/mol. The van der Waals surface area contributed by atoms with Gasteiger partial charge < -0.3 is 5.32 Å². The van der Waals surface area contributed by atoms with Gasteiger partial charge in [-0.1, -0.05) is 31.2 Å². The highest BCUT2D eigenvalue weighted by Crippen LogP contribution is 2.13. The van der Waals surface area contributed by atoms with E-state index in [9.17, 15) is 4.79 Å². The van der Waals surface area contributed by atoms with Crippen LogP contribution in [-0.2, 0) is 6.42 Å². The number of aryl methyl sites for hydroxylation is 1. The van der Waals surface area contributed by atoms with E-state index in [2.05, 4.69) is 12.2 Å². The van der Waals surface area contributed by atoms with Crippen LogP contribution in [-0.4, -0.2) is 29.9 Å². The van der Waals surface area contributed by atoms with Crippen molar-refractivity contribution in [2.45, 2.75) is 19.4 Å². The molecule has 0 aliphatic carbocycles. The second-order valence-corrected chi connectivity index (χ2v) is 5.15. The van der Waals surface area contributed by atoms with Crippen molar-refractivity contribution in [2.75, 3.05) is 18.1 Å². The van der Waals surface area contributed by atoms with E-state index in [-0.39, 0.29) is 11.8 Å². The molecular weight excluding hydrogens is 218 g/mol. The first-order chi connectivity index (χ1) is 7.81. The minimum atomic E-state index is 0.00577. The first-order valence-electron chi connectivity index (χ1n) is 5.75. The zero-order chi connectivity index (χ0) is 11.4. The van der Waals surface area contributed by atoms with Gasteiger partial charge in [-0.25, -0.2) is 0 Å². The van der Waals surface area contributed by atoms with Gasteiger partial charge in [0.2, 0.25) is 0 Å². The maximum atomic E-state index is 12.1. The van der Waals surface area contributed by atoms with E-state index in [0.717, 1.165) is 30.0 Å². The fourth-order valence-electron chi connectivity index (χ4n) is 1.84. The van der Waals surface area contributed by atoms with Crippen molar-refractivity contribution in [3.8, 4) is 0 Å². The van der Waals surface area contributed by atoms with Crippen LogP contribution in [0.25, 0.3) is 0 Å². The standard InChI is InChI=1S/C13H17NOS/c1-2-10-3-5-11(6-4-10)13(15)12-9-16-8-7-14-12/h3-6,12,14H,2,7-9H2,1H3. The van der Waals surface area contributed by atoms with Crippen molar-refractivity contribution in [2.24, 2.45) is 0 Å². The van der Waals surface area contributed by atoms with Crippen LogP contribution in [0.5, 0.6) is 0 Å². The average molecular weight is 235 g/mol. The zero-order valence-electron chi connectivity index (χ0n) is 9.53. The summed E-state index contributed by atoms with van der Waals surface area (Å²) >= 11 is 1.85. The molecule has 1 aliphatic heterocycles. The molecule has 1 heterocycles. The summed E-state index contributed by atoms with van der Waals surface area (Å²) in [6, 6.07) is 7.99. The Balaban J connectivity index is 2.07. The zero-order valence-corrected chi connectivity index (χ0v) is 10.3. The van der Waals surface area contributed by atoms with Crippen LogP contribution in [0, 0.1) is 0 Å². The van der Waals surface area contributed by atoms with Crippen molar-refractivity contribution < 1.29 is 4.79 Å². The summed E-state index contributed by atoms with van der Waals surface area (Å²) in [4.78, 5) is 12.1. The van der Waals surface area contributed by atoms with Gasteiger partial charge in [-0.05, 0) is 12.0 Å². The molecule has 2 rings (SSSR count). The Hall–Kier alpha value is -0.800. The quantitative estimate of drug-likeness (QED) is 0.814. The number of ketones is 1. The molecule has 1 N–H and O–H groups in total. The lowest BCUT2D eigenvalue weighted by Crippen LogP contribution is -2.43. The van der Waals surface area contributed by atoms with Crippen molar-refractivity contribution >= 4 is 17.5 Å². The molecule has 0 radical (unpaired) electrons. The molecule has 0 bridgehead atoms. The molecule has 0 aromatic heterocycles. The number of carbonyl (C=O) groups excluding carboxylic acids is 1. The van der Waals surface area contributed by atoms with E-state index in [4.69, 9.17) is 0 Å². The molecular formula is C13H17NOS. The number of rotatable bonds is 3. The molecule has 1 aliphatic rings.